The second kappa shape index (κ2) is 4.56. The number of hydrogen-bond acceptors (Lipinski definition) is 2. The lowest BCUT2D eigenvalue weighted by Gasteiger charge is -2.12. The summed E-state index contributed by atoms with van der Waals surface area (Å²) in [7, 11) is 0. The zero-order valence-corrected chi connectivity index (χ0v) is 11.8. The fraction of sp³-hybridized carbons (Fsp3) is 0.250. The van der Waals surface area contributed by atoms with Crippen molar-refractivity contribution < 1.29 is 13.2 Å². The molecule has 0 unspecified atom stereocenters. The van der Waals surface area contributed by atoms with E-state index in [9.17, 15) is 13.2 Å². The number of aryl methyl sites for hydroxylation is 1. The normalized spacial score (nSPS) is 11.9. The SMILES string of the molecule is Cc1nn(-c2ccc(C(F)(F)F)cc2N)c(C)c1Br. The third-order valence-corrected chi connectivity index (χ3v) is 3.93. The number of hydrogen-bond donors (Lipinski definition) is 1. The van der Waals surface area contributed by atoms with Gasteiger partial charge in [0.2, 0.25) is 0 Å². The number of rotatable bonds is 1. The van der Waals surface area contributed by atoms with Crippen molar-refractivity contribution in [2.24, 2.45) is 0 Å². The van der Waals surface area contributed by atoms with Gasteiger partial charge in [0.1, 0.15) is 0 Å². The predicted molar refractivity (Wildman–Crippen MR) is 70.2 cm³/mol. The Balaban J connectivity index is 2.55. The molecule has 0 aliphatic carbocycles. The van der Waals surface area contributed by atoms with Crippen LogP contribution >= 0.6 is 15.9 Å². The molecule has 2 rings (SSSR count). The van der Waals surface area contributed by atoms with E-state index in [1.165, 1.54) is 10.7 Å². The van der Waals surface area contributed by atoms with E-state index in [1.54, 1.807) is 13.8 Å². The van der Waals surface area contributed by atoms with E-state index < -0.39 is 11.7 Å². The smallest absolute Gasteiger partial charge is 0.397 e. The quantitative estimate of drug-likeness (QED) is 0.805. The Labute approximate surface area is 116 Å². The highest BCUT2D eigenvalue weighted by molar-refractivity contribution is 9.10. The van der Waals surface area contributed by atoms with E-state index in [4.69, 9.17) is 5.73 Å². The predicted octanol–water partition coefficient (Wildman–Crippen LogP) is 3.85. The summed E-state index contributed by atoms with van der Waals surface area (Å²) < 4.78 is 40.0. The van der Waals surface area contributed by atoms with Crippen LogP contribution in [0.25, 0.3) is 5.69 Å². The summed E-state index contributed by atoms with van der Waals surface area (Å²) in [4.78, 5) is 0. The fourth-order valence-electron chi connectivity index (χ4n) is 1.78. The highest BCUT2D eigenvalue weighted by Gasteiger charge is 2.31. The highest BCUT2D eigenvalue weighted by atomic mass is 79.9. The molecular weight excluding hydrogens is 323 g/mol. The first-order valence-corrected chi connectivity index (χ1v) is 6.20. The van der Waals surface area contributed by atoms with Crippen LogP contribution in [0.1, 0.15) is 17.0 Å². The third-order valence-electron chi connectivity index (χ3n) is 2.79. The Morgan fingerprint density at radius 1 is 1.26 bits per heavy atom. The van der Waals surface area contributed by atoms with Crippen molar-refractivity contribution in [3.8, 4) is 5.69 Å². The van der Waals surface area contributed by atoms with Gasteiger partial charge in [0.05, 0.1) is 32.8 Å². The molecule has 0 bridgehead atoms. The summed E-state index contributed by atoms with van der Waals surface area (Å²) in [5.41, 5.74) is 6.93. The molecule has 0 spiro atoms. The van der Waals surface area contributed by atoms with E-state index in [1.807, 2.05) is 0 Å². The van der Waals surface area contributed by atoms with Crippen molar-refractivity contribution in [1.29, 1.82) is 0 Å². The summed E-state index contributed by atoms with van der Waals surface area (Å²) in [6, 6.07) is 3.24. The van der Waals surface area contributed by atoms with Gasteiger partial charge in [0.25, 0.3) is 0 Å². The van der Waals surface area contributed by atoms with Crippen LogP contribution in [0.5, 0.6) is 0 Å². The van der Waals surface area contributed by atoms with Crippen molar-refractivity contribution in [1.82, 2.24) is 9.78 Å². The first kappa shape index (κ1) is 13.9. The molecule has 7 heteroatoms. The van der Waals surface area contributed by atoms with Crippen LogP contribution in [0.2, 0.25) is 0 Å². The summed E-state index contributed by atoms with van der Waals surface area (Å²) in [5, 5.41) is 4.24. The number of halogens is 4. The second-order valence-corrected chi connectivity index (χ2v) is 4.96. The number of nitrogens with two attached hydrogens (primary N) is 1. The number of aromatic nitrogens is 2. The van der Waals surface area contributed by atoms with Gasteiger partial charge in [0, 0.05) is 0 Å². The lowest BCUT2D eigenvalue weighted by Crippen LogP contribution is -2.09. The monoisotopic (exact) mass is 333 g/mol. The van der Waals surface area contributed by atoms with Gasteiger partial charge < -0.3 is 5.73 Å². The summed E-state index contributed by atoms with van der Waals surface area (Å²) in [5.74, 6) is 0. The summed E-state index contributed by atoms with van der Waals surface area (Å²) >= 11 is 3.36. The third kappa shape index (κ3) is 2.47. The minimum absolute atomic E-state index is 0.0351. The average molecular weight is 334 g/mol. The number of nitrogen functional groups attached to an aromatic ring is 1. The molecule has 0 saturated heterocycles. The lowest BCUT2D eigenvalue weighted by molar-refractivity contribution is -0.137. The standard InChI is InChI=1S/C12H11BrF3N3/c1-6-11(13)7(2)19(18-6)10-4-3-8(5-9(10)17)12(14,15)16/h3-5H,17H2,1-2H3. The molecule has 0 aliphatic heterocycles. The molecule has 0 fully saturated rings. The maximum Gasteiger partial charge on any atom is 0.416 e. The van der Waals surface area contributed by atoms with Crippen LogP contribution < -0.4 is 5.73 Å². The molecule has 0 radical (unpaired) electrons. The summed E-state index contributed by atoms with van der Waals surface area (Å²) in [6.07, 6.45) is -4.40. The van der Waals surface area contributed by atoms with E-state index in [0.717, 1.165) is 28.0 Å². The molecule has 3 nitrogen and oxygen atoms in total. The van der Waals surface area contributed by atoms with E-state index in [-0.39, 0.29) is 5.69 Å². The Bertz CT molecular complexity index is 632. The minimum atomic E-state index is -4.40. The van der Waals surface area contributed by atoms with Crippen LogP contribution in [-0.2, 0) is 6.18 Å². The van der Waals surface area contributed by atoms with Gasteiger partial charge in [-0.2, -0.15) is 18.3 Å². The Hall–Kier alpha value is -1.50. The first-order chi connectivity index (χ1) is 8.71. The van der Waals surface area contributed by atoms with Crippen LogP contribution in [0, 0.1) is 13.8 Å². The molecule has 1 heterocycles. The molecule has 19 heavy (non-hydrogen) atoms. The number of nitrogens with zero attached hydrogens (tertiary/aromatic N) is 2. The largest absolute Gasteiger partial charge is 0.416 e. The zero-order chi connectivity index (χ0) is 14.4. The van der Waals surface area contributed by atoms with Crippen molar-refractivity contribution in [3.05, 3.63) is 39.6 Å². The average Bonchev–Trinajstić information content (AvgIpc) is 2.56. The van der Waals surface area contributed by atoms with Gasteiger partial charge in [-0.05, 0) is 48.0 Å². The molecular formula is C12H11BrF3N3. The van der Waals surface area contributed by atoms with E-state index >= 15 is 0 Å². The molecule has 1 aromatic carbocycles. The summed E-state index contributed by atoms with van der Waals surface area (Å²) in [6.45, 7) is 3.61. The van der Waals surface area contributed by atoms with Crippen molar-refractivity contribution in [3.63, 3.8) is 0 Å². The first-order valence-electron chi connectivity index (χ1n) is 5.40. The van der Waals surface area contributed by atoms with E-state index in [0.29, 0.717) is 5.69 Å². The van der Waals surface area contributed by atoms with Crippen LogP contribution in [0.4, 0.5) is 18.9 Å². The maximum absolute atomic E-state index is 12.6. The molecule has 0 aliphatic rings. The van der Waals surface area contributed by atoms with Gasteiger partial charge in [0.15, 0.2) is 0 Å². The van der Waals surface area contributed by atoms with Gasteiger partial charge in [-0.3, -0.25) is 0 Å². The molecule has 0 amide bonds. The zero-order valence-electron chi connectivity index (χ0n) is 10.2. The molecule has 0 atom stereocenters. The van der Waals surface area contributed by atoms with Gasteiger partial charge >= 0.3 is 6.18 Å². The Morgan fingerprint density at radius 2 is 1.89 bits per heavy atom. The number of anilines is 1. The molecule has 2 aromatic rings. The van der Waals surface area contributed by atoms with Gasteiger partial charge in [-0.15, -0.1) is 0 Å². The van der Waals surface area contributed by atoms with Gasteiger partial charge in [-0.1, -0.05) is 0 Å². The van der Waals surface area contributed by atoms with Crippen LogP contribution in [0.15, 0.2) is 22.7 Å². The molecule has 2 N–H and O–H groups in total. The Kier molecular flexibility index (Phi) is 3.34. The maximum atomic E-state index is 12.6. The second-order valence-electron chi connectivity index (χ2n) is 4.17. The van der Waals surface area contributed by atoms with Crippen molar-refractivity contribution in [2.75, 3.05) is 5.73 Å². The highest BCUT2D eigenvalue weighted by Crippen LogP contribution is 2.33. The Morgan fingerprint density at radius 3 is 2.32 bits per heavy atom. The van der Waals surface area contributed by atoms with E-state index in [2.05, 4.69) is 21.0 Å². The lowest BCUT2D eigenvalue weighted by atomic mass is 10.1. The molecule has 1 aromatic heterocycles. The molecule has 0 saturated carbocycles. The topological polar surface area (TPSA) is 43.8 Å². The molecule has 102 valence electrons. The fourth-order valence-corrected chi connectivity index (χ4v) is 2.03. The van der Waals surface area contributed by atoms with Crippen molar-refractivity contribution in [2.45, 2.75) is 20.0 Å². The van der Waals surface area contributed by atoms with Crippen molar-refractivity contribution >= 4 is 21.6 Å². The van der Waals surface area contributed by atoms with Gasteiger partial charge in [-0.25, -0.2) is 4.68 Å². The number of alkyl halides is 3. The number of benzene rings is 1. The van der Waals surface area contributed by atoms with Crippen LogP contribution in [0.3, 0.4) is 0 Å². The van der Waals surface area contributed by atoms with Crippen LogP contribution in [-0.4, -0.2) is 9.78 Å². The minimum Gasteiger partial charge on any atom is -0.397 e.